The lowest BCUT2D eigenvalue weighted by Gasteiger charge is -2.14. The third-order valence-corrected chi connectivity index (χ3v) is 3.22. The molecule has 2 rings (SSSR count). The van der Waals surface area contributed by atoms with Crippen LogP contribution in [0.3, 0.4) is 0 Å². The van der Waals surface area contributed by atoms with Gasteiger partial charge >= 0.3 is 0 Å². The fraction of sp³-hybridized carbons (Fsp3) is 0.133. The van der Waals surface area contributed by atoms with Crippen molar-refractivity contribution < 1.29 is 5.11 Å². The Hall–Kier alpha value is -2.22. The molecule has 102 valence electrons. The standard InChI is InChI=1S/C15H14ClN3O/c16-13-7-10(8-17)1-6-14(13)19-9-15(20)11-2-4-12(18)5-3-11/h1-7,15,19-20H,9,18H2. The monoisotopic (exact) mass is 287 g/mol. The van der Waals surface area contributed by atoms with Crippen LogP contribution in [0.25, 0.3) is 0 Å². The number of aliphatic hydroxyl groups is 1. The zero-order valence-electron chi connectivity index (χ0n) is 10.7. The number of halogens is 1. The lowest BCUT2D eigenvalue weighted by Crippen LogP contribution is -2.12. The van der Waals surface area contributed by atoms with E-state index in [1.807, 2.05) is 6.07 Å². The van der Waals surface area contributed by atoms with Crippen LogP contribution in [0.4, 0.5) is 11.4 Å². The Morgan fingerprint density at radius 1 is 1.25 bits per heavy atom. The molecule has 2 aromatic carbocycles. The van der Waals surface area contributed by atoms with Crippen LogP contribution in [0.2, 0.25) is 5.02 Å². The molecule has 20 heavy (non-hydrogen) atoms. The summed E-state index contributed by atoms with van der Waals surface area (Å²) in [5.41, 5.74) is 8.21. The van der Waals surface area contributed by atoms with E-state index >= 15 is 0 Å². The summed E-state index contributed by atoms with van der Waals surface area (Å²) < 4.78 is 0. The first-order valence-electron chi connectivity index (χ1n) is 6.07. The Morgan fingerprint density at radius 3 is 2.55 bits per heavy atom. The Morgan fingerprint density at radius 2 is 1.95 bits per heavy atom. The van der Waals surface area contributed by atoms with E-state index < -0.39 is 6.10 Å². The van der Waals surface area contributed by atoms with Crippen molar-refractivity contribution in [2.24, 2.45) is 0 Å². The normalized spacial score (nSPS) is 11.7. The van der Waals surface area contributed by atoms with Crippen LogP contribution in [0.1, 0.15) is 17.2 Å². The van der Waals surface area contributed by atoms with E-state index in [0.717, 1.165) is 5.56 Å². The second-order valence-corrected chi connectivity index (χ2v) is 4.78. The number of nitrogen functional groups attached to an aromatic ring is 1. The Kier molecular flexibility index (Phi) is 4.46. The number of hydrogen-bond donors (Lipinski definition) is 3. The van der Waals surface area contributed by atoms with Gasteiger partial charge in [0, 0.05) is 12.2 Å². The lowest BCUT2D eigenvalue weighted by molar-refractivity contribution is 0.191. The molecule has 5 heteroatoms. The van der Waals surface area contributed by atoms with E-state index in [0.29, 0.717) is 28.5 Å². The molecule has 0 saturated heterocycles. The molecule has 0 aliphatic heterocycles. The van der Waals surface area contributed by atoms with E-state index in [-0.39, 0.29) is 0 Å². The molecule has 0 aliphatic rings. The van der Waals surface area contributed by atoms with Crippen LogP contribution < -0.4 is 11.1 Å². The van der Waals surface area contributed by atoms with Crippen molar-refractivity contribution in [2.45, 2.75) is 6.10 Å². The van der Waals surface area contributed by atoms with Gasteiger partial charge in [-0.2, -0.15) is 5.26 Å². The fourth-order valence-corrected chi connectivity index (χ4v) is 2.02. The number of nitrogens with one attached hydrogen (secondary N) is 1. The molecule has 0 amide bonds. The highest BCUT2D eigenvalue weighted by atomic mass is 35.5. The zero-order chi connectivity index (χ0) is 14.5. The van der Waals surface area contributed by atoms with Gasteiger partial charge in [0.25, 0.3) is 0 Å². The van der Waals surface area contributed by atoms with Crippen LogP contribution in [0.15, 0.2) is 42.5 Å². The predicted molar refractivity (Wildman–Crippen MR) is 80.5 cm³/mol. The number of nitrogens with zero attached hydrogens (tertiary/aromatic N) is 1. The van der Waals surface area contributed by atoms with Gasteiger partial charge in [0.2, 0.25) is 0 Å². The number of aliphatic hydroxyl groups excluding tert-OH is 1. The molecular formula is C15H14ClN3O. The van der Waals surface area contributed by atoms with E-state index in [4.69, 9.17) is 22.6 Å². The summed E-state index contributed by atoms with van der Waals surface area (Å²) in [6.07, 6.45) is -0.665. The Balaban J connectivity index is 2.01. The molecule has 1 unspecified atom stereocenters. The fourth-order valence-electron chi connectivity index (χ4n) is 1.77. The van der Waals surface area contributed by atoms with Crippen molar-refractivity contribution in [3.05, 3.63) is 58.6 Å². The molecule has 4 N–H and O–H groups in total. The maximum atomic E-state index is 10.1. The van der Waals surface area contributed by atoms with Crippen molar-refractivity contribution in [3.63, 3.8) is 0 Å². The minimum Gasteiger partial charge on any atom is -0.399 e. The molecule has 0 spiro atoms. The molecule has 0 radical (unpaired) electrons. The van der Waals surface area contributed by atoms with E-state index in [1.54, 1.807) is 42.5 Å². The van der Waals surface area contributed by atoms with Crippen molar-refractivity contribution in [1.29, 1.82) is 5.26 Å². The maximum absolute atomic E-state index is 10.1. The molecule has 0 bridgehead atoms. The summed E-state index contributed by atoms with van der Waals surface area (Å²) in [6, 6.07) is 14.0. The molecule has 0 heterocycles. The number of benzene rings is 2. The summed E-state index contributed by atoms with van der Waals surface area (Å²) in [6.45, 7) is 0.315. The topological polar surface area (TPSA) is 82.1 Å². The average molecular weight is 288 g/mol. The predicted octanol–water partition coefficient (Wildman–Crippen LogP) is 2.94. The van der Waals surface area contributed by atoms with Gasteiger partial charge in [0.05, 0.1) is 28.4 Å². The molecule has 0 aliphatic carbocycles. The maximum Gasteiger partial charge on any atom is 0.0992 e. The van der Waals surface area contributed by atoms with Crippen LogP contribution in [-0.4, -0.2) is 11.7 Å². The van der Waals surface area contributed by atoms with Crippen molar-refractivity contribution in [1.82, 2.24) is 0 Å². The smallest absolute Gasteiger partial charge is 0.0992 e. The van der Waals surface area contributed by atoms with Gasteiger partial charge in [0.15, 0.2) is 0 Å². The van der Waals surface area contributed by atoms with Gasteiger partial charge in [-0.3, -0.25) is 0 Å². The van der Waals surface area contributed by atoms with E-state index in [1.165, 1.54) is 0 Å². The lowest BCUT2D eigenvalue weighted by atomic mass is 10.1. The van der Waals surface area contributed by atoms with Gasteiger partial charge in [-0.1, -0.05) is 23.7 Å². The first-order chi connectivity index (χ1) is 9.60. The Labute approximate surface area is 122 Å². The first kappa shape index (κ1) is 14.2. The minimum atomic E-state index is -0.665. The van der Waals surface area contributed by atoms with Crippen LogP contribution >= 0.6 is 11.6 Å². The highest BCUT2D eigenvalue weighted by Gasteiger charge is 2.08. The average Bonchev–Trinajstić information content (AvgIpc) is 2.46. The summed E-state index contributed by atoms with van der Waals surface area (Å²) in [5.74, 6) is 0. The summed E-state index contributed by atoms with van der Waals surface area (Å²) in [7, 11) is 0. The van der Waals surface area contributed by atoms with Gasteiger partial charge in [-0.05, 0) is 35.9 Å². The molecule has 0 aromatic heterocycles. The van der Waals surface area contributed by atoms with Crippen LogP contribution in [0.5, 0.6) is 0 Å². The van der Waals surface area contributed by atoms with Crippen molar-refractivity contribution in [3.8, 4) is 6.07 Å². The minimum absolute atomic E-state index is 0.315. The van der Waals surface area contributed by atoms with Gasteiger partial charge in [-0.25, -0.2) is 0 Å². The van der Waals surface area contributed by atoms with Gasteiger partial charge in [-0.15, -0.1) is 0 Å². The number of hydrogen-bond acceptors (Lipinski definition) is 4. The largest absolute Gasteiger partial charge is 0.399 e. The second-order valence-electron chi connectivity index (χ2n) is 4.37. The highest BCUT2D eigenvalue weighted by Crippen LogP contribution is 2.24. The van der Waals surface area contributed by atoms with Gasteiger partial charge < -0.3 is 16.2 Å². The summed E-state index contributed by atoms with van der Waals surface area (Å²) >= 11 is 6.05. The van der Waals surface area contributed by atoms with Crippen LogP contribution in [-0.2, 0) is 0 Å². The third-order valence-electron chi connectivity index (χ3n) is 2.91. The summed E-state index contributed by atoms with van der Waals surface area (Å²) in [4.78, 5) is 0. The molecule has 4 nitrogen and oxygen atoms in total. The van der Waals surface area contributed by atoms with Crippen molar-refractivity contribution >= 4 is 23.0 Å². The van der Waals surface area contributed by atoms with Crippen molar-refractivity contribution in [2.75, 3.05) is 17.6 Å². The molecule has 0 saturated carbocycles. The Bertz CT molecular complexity index is 635. The second kappa shape index (κ2) is 6.29. The molecule has 0 fully saturated rings. The van der Waals surface area contributed by atoms with E-state index in [9.17, 15) is 5.11 Å². The number of nitriles is 1. The van der Waals surface area contributed by atoms with E-state index in [2.05, 4.69) is 5.32 Å². The van der Waals surface area contributed by atoms with Gasteiger partial charge in [0.1, 0.15) is 0 Å². The SMILES string of the molecule is N#Cc1ccc(NCC(O)c2ccc(N)cc2)c(Cl)c1. The zero-order valence-corrected chi connectivity index (χ0v) is 11.4. The first-order valence-corrected chi connectivity index (χ1v) is 6.45. The summed E-state index contributed by atoms with van der Waals surface area (Å²) in [5, 5.41) is 22.3. The van der Waals surface area contributed by atoms with Crippen LogP contribution in [0, 0.1) is 11.3 Å². The molecule has 1 atom stereocenters. The molecular weight excluding hydrogens is 274 g/mol. The third kappa shape index (κ3) is 3.41. The highest BCUT2D eigenvalue weighted by molar-refractivity contribution is 6.33. The number of nitrogens with two attached hydrogens (primary N) is 1. The molecule has 2 aromatic rings. The quantitative estimate of drug-likeness (QED) is 0.755. The number of anilines is 2. The number of rotatable bonds is 4.